The van der Waals surface area contributed by atoms with E-state index in [1.807, 2.05) is 25.3 Å². The molecule has 0 aliphatic rings. The molecular weight excluding hydrogens is 201 g/mol. The molecule has 0 amide bonds. The first-order chi connectivity index (χ1) is 7.76. The van der Waals surface area contributed by atoms with Crippen LogP contribution in [-0.2, 0) is 6.42 Å². The summed E-state index contributed by atoms with van der Waals surface area (Å²) in [5.41, 5.74) is 1.18. The highest BCUT2D eigenvalue weighted by atomic mass is 19.1. The maximum Gasteiger partial charge on any atom is 0.123 e. The van der Waals surface area contributed by atoms with E-state index in [2.05, 4.69) is 11.9 Å². The molecule has 0 aromatic heterocycles. The van der Waals surface area contributed by atoms with Crippen molar-refractivity contribution in [3.8, 4) is 0 Å². The van der Waals surface area contributed by atoms with Crippen LogP contribution in [0, 0.1) is 5.82 Å². The zero-order chi connectivity index (χ0) is 11.8. The average Bonchev–Trinajstić information content (AvgIpc) is 2.31. The Morgan fingerprint density at radius 1 is 1.38 bits per heavy atom. The lowest BCUT2D eigenvalue weighted by Crippen LogP contribution is -2.27. The molecule has 1 nitrogen and oxygen atoms in total. The molecule has 0 heterocycles. The Bertz CT molecular complexity index is 305. The second kappa shape index (κ2) is 7.18. The van der Waals surface area contributed by atoms with Crippen LogP contribution in [-0.4, -0.2) is 13.1 Å². The number of unbranched alkanes of at least 4 members (excludes halogenated alkanes) is 1. The molecule has 0 fully saturated rings. The summed E-state index contributed by atoms with van der Waals surface area (Å²) in [6.07, 6.45) is 6.23. The minimum Gasteiger partial charge on any atom is -0.317 e. The van der Waals surface area contributed by atoms with Gasteiger partial charge >= 0.3 is 0 Å². The first-order valence-corrected chi connectivity index (χ1v) is 5.79. The van der Waals surface area contributed by atoms with Crippen LogP contribution in [0.3, 0.4) is 0 Å². The molecule has 2 heteroatoms. The van der Waals surface area contributed by atoms with Gasteiger partial charge in [-0.15, -0.1) is 6.58 Å². The molecule has 1 aromatic rings. The molecule has 0 saturated heterocycles. The standard InChI is InChI=1S/C14H20FN/c1-3-4-5-6-14(16-2)11-12-7-9-13(15)10-8-12/h3,7-10,14,16H,1,4-6,11H2,2H3. The smallest absolute Gasteiger partial charge is 0.123 e. The number of allylic oxidation sites excluding steroid dienone is 1. The van der Waals surface area contributed by atoms with E-state index in [9.17, 15) is 4.39 Å². The fraction of sp³-hybridized carbons (Fsp3) is 0.429. The van der Waals surface area contributed by atoms with E-state index >= 15 is 0 Å². The molecule has 1 unspecified atom stereocenters. The lowest BCUT2D eigenvalue weighted by Gasteiger charge is -2.15. The van der Waals surface area contributed by atoms with E-state index in [1.165, 1.54) is 17.7 Å². The predicted octanol–water partition coefficient (Wildman–Crippen LogP) is 3.31. The Morgan fingerprint density at radius 3 is 2.62 bits per heavy atom. The highest BCUT2D eigenvalue weighted by Gasteiger charge is 2.06. The summed E-state index contributed by atoms with van der Waals surface area (Å²) in [6.45, 7) is 3.71. The van der Waals surface area contributed by atoms with E-state index in [0.29, 0.717) is 6.04 Å². The second-order valence-corrected chi connectivity index (χ2v) is 4.04. The van der Waals surface area contributed by atoms with E-state index in [0.717, 1.165) is 25.7 Å². The third-order valence-corrected chi connectivity index (χ3v) is 2.76. The molecule has 0 saturated carbocycles. The van der Waals surface area contributed by atoms with Crippen molar-refractivity contribution in [2.45, 2.75) is 31.7 Å². The van der Waals surface area contributed by atoms with Crippen molar-refractivity contribution < 1.29 is 4.39 Å². The normalized spacial score (nSPS) is 12.4. The van der Waals surface area contributed by atoms with Crippen LogP contribution in [0.25, 0.3) is 0 Å². The Balaban J connectivity index is 2.42. The van der Waals surface area contributed by atoms with E-state index in [4.69, 9.17) is 0 Å². The van der Waals surface area contributed by atoms with Crippen LogP contribution in [0.2, 0.25) is 0 Å². The summed E-state index contributed by atoms with van der Waals surface area (Å²) in [4.78, 5) is 0. The fourth-order valence-corrected chi connectivity index (χ4v) is 1.76. The molecule has 0 aliphatic heterocycles. The minimum absolute atomic E-state index is 0.170. The molecule has 1 rings (SSSR count). The van der Waals surface area contributed by atoms with Gasteiger partial charge < -0.3 is 5.32 Å². The quantitative estimate of drug-likeness (QED) is 0.550. The van der Waals surface area contributed by atoms with Crippen molar-refractivity contribution in [1.82, 2.24) is 5.32 Å². The van der Waals surface area contributed by atoms with Gasteiger partial charge in [-0.1, -0.05) is 18.2 Å². The van der Waals surface area contributed by atoms with E-state index in [1.54, 1.807) is 0 Å². The van der Waals surface area contributed by atoms with Crippen molar-refractivity contribution in [1.29, 1.82) is 0 Å². The average molecular weight is 221 g/mol. The van der Waals surface area contributed by atoms with Gasteiger partial charge in [-0.05, 0) is 50.4 Å². The van der Waals surface area contributed by atoms with Crippen molar-refractivity contribution in [3.05, 3.63) is 48.3 Å². The summed E-state index contributed by atoms with van der Waals surface area (Å²) in [7, 11) is 1.97. The fourth-order valence-electron chi connectivity index (χ4n) is 1.76. The van der Waals surface area contributed by atoms with Gasteiger partial charge in [0.2, 0.25) is 0 Å². The number of hydrogen-bond donors (Lipinski definition) is 1. The molecule has 1 atom stereocenters. The van der Waals surface area contributed by atoms with Crippen LogP contribution in [0.4, 0.5) is 4.39 Å². The van der Waals surface area contributed by atoms with E-state index in [-0.39, 0.29) is 5.82 Å². The SMILES string of the molecule is C=CCCCC(Cc1ccc(F)cc1)NC. The molecule has 1 N–H and O–H groups in total. The maximum absolute atomic E-state index is 12.7. The number of rotatable bonds is 7. The zero-order valence-electron chi connectivity index (χ0n) is 9.88. The lowest BCUT2D eigenvalue weighted by molar-refractivity contribution is 0.504. The Kier molecular flexibility index (Phi) is 5.79. The highest BCUT2D eigenvalue weighted by Crippen LogP contribution is 2.10. The van der Waals surface area contributed by atoms with Gasteiger partial charge in [0.15, 0.2) is 0 Å². The van der Waals surface area contributed by atoms with Gasteiger partial charge in [0.25, 0.3) is 0 Å². The minimum atomic E-state index is -0.170. The van der Waals surface area contributed by atoms with Gasteiger partial charge in [-0.25, -0.2) is 4.39 Å². The Hall–Kier alpha value is -1.15. The van der Waals surface area contributed by atoms with Gasteiger partial charge in [0.1, 0.15) is 5.82 Å². The lowest BCUT2D eigenvalue weighted by atomic mass is 10.0. The van der Waals surface area contributed by atoms with Crippen molar-refractivity contribution >= 4 is 0 Å². The zero-order valence-corrected chi connectivity index (χ0v) is 9.88. The number of halogens is 1. The molecule has 0 radical (unpaired) electrons. The monoisotopic (exact) mass is 221 g/mol. The topological polar surface area (TPSA) is 12.0 Å². The van der Waals surface area contributed by atoms with E-state index < -0.39 is 0 Å². The second-order valence-electron chi connectivity index (χ2n) is 4.04. The van der Waals surface area contributed by atoms with Gasteiger partial charge in [-0.2, -0.15) is 0 Å². The predicted molar refractivity (Wildman–Crippen MR) is 67.0 cm³/mol. The molecule has 0 bridgehead atoms. The molecular formula is C14H20FN. The molecule has 88 valence electrons. The summed E-state index contributed by atoms with van der Waals surface area (Å²) in [6, 6.07) is 7.21. The Labute approximate surface area is 97.4 Å². The summed E-state index contributed by atoms with van der Waals surface area (Å²) < 4.78 is 12.7. The summed E-state index contributed by atoms with van der Waals surface area (Å²) in [5.74, 6) is -0.170. The van der Waals surface area contributed by atoms with Crippen molar-refractivity contribution in [2.24, 2.45) is 0 Å². The van der Waals surface area contributed by atoms with Crippen LogP contribution in [0.5, 0.6) is 0 Å². The number of nitrogens with one attached hydrogen (secondary N) is 1. The number of hydrogen-bond acceptors (Lipinski definition) is 1. The third kappa shape index (κ3) is 4.58. The van der Waals surface area contributed by atoms with Gasteiger partial charge in [0, 0.05) is 6.04 Å². The van der Waals surface area contributed by atoms with Crippen molar-refractivity contribution in [3.63, 3.8) is 0 Å². The van der Waals surface area contributed by atoms with Gasteiger partial charge in [0.05, 0.1) is 0 Å². The third-order valence-electron chi connectivity index (χ3n) is 2.76. The van der Waals surface area contributed by atoms with Crippen LogP contribution < -0.4 is 5.32 Å². The van der Waals surface area contributed by atoms with Crippen LogP contribution >= 0.6 is 0 Å². The maximum atomic E-state index is 12.7. The summed E-state index contributed by atoms with van der Waals surface area (Å²) in [5, 5.41) is 3.30. The first kappa shape index (κ1) is 12.9. The largest absolute Gasteiger partial charge is 0.317 e. The number of likely N-dealkylation sites (N-methyl/N-ethyl adjacent to an activating group) is 1. The Morgan fingerprint density at radius 2 is 2.06 bits per heavy atom. The highest BCUT2D eigenvalue weighted by molar-refractivity contribution is 5.17. The van der Waals surface area contributed by atoms with Crippen molar-refractivity contribution in [2.75, 3.05) is 7.05 Å². The summed E-state index contributed by atoms with van der Waals surface area (Å²) >= 11 is 0. The number of benzene rings is 1. The van der Waals surface area contributed by atoms with Gasteiger partial charge in [-0.3, -0.25) is 0 Å². The molecule has 16 heavy (non-hydrogen) atoms. The molecule has 0 aliphatic carbocycles. The van der Waals surface area contributed by atoms with Crippen LogP contribution in [0.1, 0.15) is 24.8 Å². The molecule has 1 aromatic carbocycles. The first-order valence-electron chi connectivity index (χ1n) is 5.79. The molecule has 0 spiro atoms. The van der Waals surface area contributed by atoms with Crippen LogP contribution in [0.15, 0.2) is 36.9 Å².